The number of para-hydroxylation sites is 1. The molecule has 0 radical (unpaired) electrons. The van der Waals surface area contributed by atoms with Gasteiger partial charge in [0.2, 0.25) is 5.91 Å². The minimum absolute atomic E-state index is 0.120. The van der Waals surface area contributed by atoms with Crippen molar-refractivity contribution < 1.29 is 4.79 Å². The predicted molar refractivity (Wildman–Crippen MR) is 127 cm³/mol. The molecule has 0 saturated heterocycles. The number of carbonyl (C=O) groups excluding carboxylic acids is 1. The molecule has 2 aromatic carbocycles. The number of thiazole rings is 1. The van der Waals surface area contributed by atoms with E-state index in [4.69, 9.17) is 11.6 Å². The zero-order valence-electron chi connectivity index (χ0n) is 17.2. The lowest BCUT2D eigenvalue weighted by atomic mass is 10.2. The fraction of sp³-hybridized carbons (Fsp3) is 0.182. The molecule has 0 bridgehead atoms. The number of amides is 1. The summed E-state index contributed by atoms with van der Waals surface area (Å²) in [5, 5.41) is 12.6. The van der Waals surface area contributed by atoms with Crippen molar-refractivity contribution in [2.45, 2.75) is 31.7 Å². The largest absolute Gasteiger partial charge is 0.274 e. The van der Waals surface area contributed by atoms with Crippen molar-refractivity contribution in [1.82, 2.24) is 19.7 Å². The van der Waals surface area contributed by atoms with Gasteiger partial charge in [-0.25, -0.2) is 4.98 Å². The van der Waals surface area contributed by atoms with Crippen LogP contribution in [0.2, 0.25) is 5.02 Å². The number of benzene rings is 2. The van der Waals surface area contributed by atoms with E-state index in [1.165, 1.54) is 18.3 Å². The van der Waals surface area contributed by atoms with Crippen LogP contribution < -0.4 is 4.90 Å². The molecule has 0 spiro atoms. The van der Waals surface area contributed by atoms with Crippen molar-refractivity contribution in [3.05, 3.63) is 76.0 Å². The minimum atomic E-state index is -0.120. The highest BCUT2D eigenvalue weighted by Gasteiger charge is 2.19. The van der Waals surface area contributed by atoms with Crippen molar-refractivity contribution in [3.8, 4) is 5.69 Å². The van der Waals surface area contributed by atoms with E-state index >= 15 is 0 Å². The summed E-state index contributed by atoms with van der Waals surface area (Å²) < 4.78 is 2.06. The molecule has 2 heterocycles. The molecule has 0 aliphatic carbocycles. The van der Waals surface area contributed by atoms with Gasteiger partial charge in [0.1, 0.15) is 5.82 Å². The maximum Gasteiger partial charge on any atom is 0.230 e. The standard InChI is InChI=1S/C22H20ClN5OS2/c1-14-7-4-5-10-20(14)27-15(2)25-26-22(27)31-13-18-12-30-21(24-18)28(16(3)29)19-9-6-8-17(23)11-19/h4-12H,13H2,1-3H3. The Labute approximate surface area is 193 Å². The predicted octanol–water partition coefficient (Wildman–Crippen LogP) is 5.97. The number of hydrogen-bond acceptors (Lipinski definition) is 6. The number of nitrogens with zero attached hydrogens (tertiary/aromatic N) is 5. The van der Waals surface area contributed by atoms with Gasteiger partial charge in [-0.3, -0.25) is 14.3 Å². The zero-order chi connectivity index (χ0) is 22.0. The Balaban J connectivity index is 1.56. The normalized spacial score (nSPS) is 11.0. The molecule has 4 rings (SSSR count). The lowest BCUT2D eigenvalue weighted by molar-refractivity contribution is -0.115. The Morgan fingerprint density at radius 2 is 1.97 bits per heavy atom. The zero-order valence-corrected chi connectivity index (χ0v) is 19.6. The van der Waals surface area contributed by atoms with Crippen LogP contribution in [-0.4, -0.2) is 25.7 Å². The highest BCUT2D eigenvalue weighted by atomic mass is 35.5. The number of aromatic nitrogens is 4. The van der Waals surface area contributed by atoms with Crippen molar-refractivity contribution in [2.75, 3.05) is 4.90 Å². The highest BCUT2D eigenvalue weighted by Crippen LogP contribution is 2.32. The third kappa shape index (κ3) is 4.66. The van der Waals surface area contributed by atoms with Gasteiger partial charge >= 0.3 is 0 Å². The Morgan fingerprint density at radius 3 is 2.71 bits per heavy atom. The van der Waals surface area contributed by atoms with Gasteiger partial charge in [0.15, 0.2) is 10.3 Å². The summed E-state index contributed by atoms with van der Waals surface area (Å²) in [5.41, 5.74) is 3.79. The Hall–Kier alpha value is -2.68. The number of anilines is 2. The molecule has 0 unspecified atom stereocenters. The maximum atomic E-state index is 12.3. The lowest BCUT2D eigenvalue weighted by Gasteiger charge is -2.18. The van der Waals surface area contributed by atoms with Gasteiger partial charge in [0.05, 0.1) is 17.1 Å². The number of thioether (sulfide) groups is 1. The van der Waals surface area contributed by atoms with Crippen LogP contribution in [0, 0.1) is 13.8 Å². The quantitative estimate of drug-likeness (QED) is 0.325. The molecule has 6 nitrogen and oxygen atoms in total. The fourth-order valence-electron chi connectivity index (χ4n) is 3.17. The summed E-state index contributed by atoms with van der Waals surface area (Å²) in [7, 11) is 0. The first kappa shape index (κ1) is 21.5. The van der Waals surface area contributed by atoms with E-state index in [1.807, 2.05) is 36.6 Å². The molecule has 2 aromatic heterocycles. The summed E-state index contributed by atoms with van der Waals surface area (Å²) in [4.78, 5) is 18.6. The Morgan fingerprint density at radius 1 is 1.16 bits per heavy atom. The molecule has 0 aliphatic heterocycles. The van der Waals surface area contributed by atoms with E-state index in [2.05, 4.69) is 38.8 Å². The van der Waals surface area contributed by atoms with Crippen molar-refractivity contribution in [1.29, 1.82) is 0 Å². The molecule has 0 fully saturated rings. The smallest absolute Gasteiger partial charge is 0.230 e. The average Bonchev–Trinajstić information content (AvgIpc) is 3.33. The van der Waals surface area contributed by atoms with E-state index in [9.17, 15) is 4.79 Å². The summed E-state index contributed by atoms with van der Waals surface area (Å²) in [5.74, 6) is 1.33. The van der Waals surface area contributed by atoms with E-state index in [0.717, 1.165) is 27.9 Å². The monoisotopic (exact) mass is 469 g/mol. The molecular weight excluding hydrogens is 450 g/mol. The number of hydrogen-bond donors (Lipinski definition) is 0. The first-order valence-electron chi connectivity index (χ1n) is 9.55. The van der Waals surface area contributed by atoms with E-state index in [-0.39, 0.29) is 5.91 Å². The summed E-state index contributed by atoms with van der Waals surface area (Å²) >= 11 is 9.10. The van der Waals surface area contributed by atoms with Crippen LogP contribution in [0.25, 0.3) is 5.69 Å². The third-order valence-electron chi connectivity index (χ3n) is 4.61. The molecule has 0 atom stereocenters. The topological polar surface area (TPSA) is 63.9 Å². The summed E-state index contributed by atoms with van der Waals surface area (Å²) in [6.07, 6.45) is 0. The summed E-state index contributed by atoms with van der Waals surface area (Å²) in [6.45, 7) is 5.53. The molecule has 31 heavy (non-hydrogen) atoms. The maximum absolute atomic E-state index is 12.3. The second-order valence-electron chi connectivity index (χ2n) is 6.90. The molecule has 4 aromatic rings. The fourth-order valence-corrected chi connectivity index (χ4v) is 5.23. The van der Waals surface area contributed by atoms with E-state index in [1.54, 1.807) is 28.8 Å². The molecule has 0 N–H and O–H groups in total. The van der Waals surface area contributed by atoms with Crippen molar-refractivity contribution in [3.63, 3.8) is 0 Å². The second kappa shape index (κ2) is 9.21. The van der Waals surface area contributed by atoms with Crippen LogP contribution in [0.15, 0.2) is 59.1 Å². The van der Waals surface area contributed by atoms with Crippen LogP contribution in [0.3, 0.4) is 0 Å². The van der Waals surface area contributed by atoms with E-state index in [0.29, 0.717) is 21.6 Å². The van der Waals surface area contributed by atoms with Crippen LogP contribution in [0.5, 0.6) is 0 Å². The molecule has 0 aliphatic rings. The highest BCUT2D eigenvalue weighted by molar-refractivity contribution is 7.98. The van der Waals surface area contributed by atoms with Gasteiger partial charge in [0, 0.05) is 23.1 Å². The minimum Gasteiger partial charge on any atom is -0.274 e. The molecule has 1 amide bonds. The Bertz CT molecular complexity index is 1240. The van der Waals surface area contributed by atoms with Gasteiger partial charge < -0.3 is 0 Å². The number of aryl methyl sites for hydroxylation is 2. The van der Waals surface area contributed by atoms with Crippen LogP contribution >= 0.6 is 34.7 Å². The van der Waals surface area contributed by atoms with Crippen LogP contribution in [0.4, 0.5) is 10.8 Å². The van der Waals surface area contributed by atoms with Crippen molar-refractivity contribution in [2.24, 2.45) is 0 Å². The average molecular weight is 470 g/mol. The lowest BCUT2D eigenvalue weighted by Crippen LogP contribution is -2.22. The third-order valence-corrected chi connectivity index (χ3v) is 6.69. The van der Waals surface area contributed by atoms with Gasteiger partial charge in [-0.15, -0.1) is 21.5 Å². The molecule has 0 saturated carbocycles. The first-order chi connectivity index (χ1) is 14.9. The summed E-state index contributed by atoms with van der Waals surface area (Å²) in [6, 6.07) is 15.4. The number of rotatable bonds is 6. The first-order valence-corrected chi connectivity index (χ1v) is 11.8. The van der Waals surface area contributed by atoms with Gasteiger partial charge in [0.25, 0.3) is 0 Å². The SMILES string of the molecule is CC(=O)N(c1cccc(Cl)c1)c1nc(CSc2nnc(C)n2-c2ccccc2C)cs1. The van der Waals surface area contributed by atoms with Crippen LogP contribution in [0.1, 0.15) is 24.0 Å². The number of halogens is 1. The van der Waals surface area contributed by atoms with Gasteiger partial charge in [-0.05, 0) is 43.7 Å². The van der Waals surface area contributed by atoms with Crippen molar-refractivity contribution >= 4 is 51.4 Å². The number of carbonyl (C=O) groups is 1. The molecule has 158 valence electrons. The Kier molecular flexibility index (Phi) is 6.41. The van der Waals surface area contributed by atoms with Gasteiger partial charge in [-0.2, -0.15) is 0 Å². The van der Waals surface area contributed by atoms with Gasteiger partial charge in [-0.1, -0.05) is 47.6 Å². The molecular formula is C22H20ClN5OS2. The molecule has 9 heteroatoms. The second-order valence-corrected chi connectivity index (χ2v) is 9.11. The van der Waals surface area contributed by atoms with Crippen LogP contribution in [-0.2, 0) is 10.5 Å². The van der Waals surface area contributed by atoms with E-state index < -0.39 is 0 Å².